The Kier molecular flexibility index (Phi) is 9.50. The number of aromatic amines is 1. The molecule has 4 aromatic rings. The fourth-order valence-electron chi connectivity index (χ4n) is 5.05. The number of aromatic nitrogens is 2. The Labute approximate surface area is 233 Å². The molecule has 1 fully saturated rings. The smallest absolute Gasteiger partial charge is 0.409 e. The van der Waals surface area contributed by atoms with Gasteiger partial charge in [0.25, 0.3) is 0 Å². The van der Waals surface area contributed by atoms with E-state index in [-0.39, 0.29) is 30.2 Å². The first-order valence-corrected chi connectivity index (χ1v) is 13.1. The zero-order valence-electron chi connectivity index (χ0n) is 21.1. The lowest BCUT2D eigenvalue weighted by atomic mass is 10.0. The van der Waals surface area contributed by atoms with Gasteiger partial charge in [-0.15, -0.1) is 12.4 Å². The molecule has 5 rings (SSSR count). The first-order chi connectivity index (χ1) is 18.1. The Hall–Kier alpha value is -3.26. The molecule has 1 aromatic heterocycles. The lowest BCUT2D eigenvalue weighted by Gasteiger charge is -2.32. The van der Waals surface area contributed by atoms with E-state index in [2.05, 4.69) is 28.1 Å². The first-order valence-electron chi connectivity index (χ1n) is 12.7. The standard InChI is InChI=1S/C29H31ClN4O3.ClH/c30-24-10-6-9-23(19-24)21-32(20-22-7-2-1-3-8-22)17-18-37-29(36)33-15-13-25(14-16-33)34-27-12-5-4-11-26(27)31-28(34)35;/h1-12,19,25H,13-18,20-21H2,(H,31,35);1H. The average Bonchev–Trinajstić information content (AvgIpc) is 3.25. The van der Waals surface area contributed by atoms with Crippen molar-refractivity contribution in [3.63, 3.8) is 0 Å². The number of imidazole rings is 1. The summed E-state index contributed by atoms with van der Waals surface area (Å²) in [6.07, 6.45) is 1.13. The lowest BCUT2D eigenvalue weighted by Crippen LogP contribution is -2.41. The number of carbonyl (C=O) groups excluding carboxylic acids is 1. The number of fused-ring (bicyclic) bond motifs is 1. The summed E-state index contributed by atoms with van der Waals surface area (Å²) in [6.45, 7) is 3.48. The van der Waals surface area contributed by atoms with E-state index >= 15 is 0 Å². The van der Waals surface area contributed by atoms with Crippen LogP contribution in [0.2, 0.25) is 5.02 Å². The van der Waals surface area contributed by atoms with E-state index in [0.717, 1.165) is 23.1 Å². The normalized spacial score (nSPS) is 14.0. The summed E-state index contributed by atoms with van der Waals surface area (Å²) in [6, 6.07) is 25.9. The Morgan fingerprint density at radius 2 is 1.63 bits per heavy atom. The van der Waals surface area contributed by atoms with E-state index in [0.29, 0.717) is 50.7 Å². The molecule has 3 aromatic carbocycles. The van der Waals surface area contributed by atoms with Crippen LogP contribution in [0, 0.1) is 0 Å². The Bertz CT molecular complexity index is 1400. The topological polar surface area (TPSA) is 70.6 Å². The largest absolute Gasteiger partial charge is 0.448 e. The molecule has 200 valence electrons. The molecule has 2 heterocycles. The summed E-state index contributed by atoms with van der Waals surface area (Å²) in [7, 11) is 0. The molecule has 7 nitrogen and oxygen atoms in total. The highest BCUT2D eigenvalue weighted by molar-refractivity contribution is 6.30. The summed E-state index contributed by atoms with van der Waals surface area (Å²) in [5.41, 5.74) is 3.97. The predicted molar refractivity (Wildman–Crippen MR) is 153 cm³/mol. The minimum atomic E-state index is -0.299. The number of hydrogen-bond donors (Lipinski definition) is 1. The SMILES string of the molecule is Cl.O=C(OCCN(Cc1ccccc1)Cc1cccc(Cl)c1)N1CCC(n2c(=O)[nH]c3ccccc32)CC1. The molecule has 0 spiro atoms. The van der Waals surface area contributed by atoms with E-state index in [1.807, 2.05) is 65.2 Å². The third-order valence-electron chi connectivity index (χ3n) is 6.89. The molecule has 1 amide bonds. The third-order valence-corrected chi connectivity index (χ3v) is 7.12. The van der Waals surface area contributed by atoms with Crippen LogP contribution in [-0.4, -0.2) is 51.7 Å². The van der Waals surface area contributed by atoms with E-state index < -0.39 is 0 Å². The summed E-state index contributed by atoms with van der Waals surface area (Å²) >= 11 is 6.19. The number of hydrogen-bond acceptors (Lipinski definition) is 4. The number of piperidine rings is 1. The molecule has 1 saturated heterocycles. The number of H-pyrrole nitrogens is 1. The fourth-order valence-corrected chi connectivity index (χ4v) is 5.26. The quantitative estimate of drug-likeness (QED) is 0.295. The summed E-state index contributed by atoms with van der Waals surface area (Å²) in [5.74, 6) is 0. The van der Waals surface area contributed by atoms with Gasteiger partial charge in [-0.2, -0.15) is 0 Å². The second-order valence-corrected chi connectivity index (χ2v) is 9.91. The average molecular weight is 556 g/mol. The second kappa shape index (κ2) is 13.0. The van der Waals surface area contributed by atoms with Gasteiger partial charge < -0.3 is 14.6 Å². The molecule has 38 heavy (non-hydrogen) atoms. The second-order valence-electron chi connectivity index (χ2n) is 9.48. The third kappa shape index (κ3) is 6.78. The van der Waals surface area contributed by atoms with Gasteiger partial charge in [-0.05, 0) is 48.2 Å². The highest BCUT2D eigenvalue weighted by atomic mass is 35.5. The molecule has 1 N–H and O–H groups in total. The minimum Gasteiger partial charge on any atom is -0.448 e. The molecule has 0 atom stereocenters. The van der Waals surface area contributed by atoms with Crippen molar-refractivity contribution in [3.05, 3.63) is 105 Å². The predicted octanol–water partition coefficient (Wildman–Crippen LogP) is 5.88. The molecule has 0 aliphatic carbocycles. The van der Waals surface area contributed by atoms with Crippen molar-refractivity contribution in [2.45, 2.75) is 32.0 Å². The van der Waals surface area contributed by atoms with Gasteiger partial charge in [-0.25, -0.2) is 9.59 Å². The number of halogens is 2. The first kappa shape index (κ1) is 27.8. The fraction of sp³-hybridized carbons (Fsp3) is 0.310. The molecular weight excluding hydrogens is 523 g/mol. The molecule has 0 bridgehead atoms. The Morgan fingerprint density at radius 1 is 0.947 bits per heavy atom. The van der Waals surface area contributed by atoms with Crippen LogP contribution in [0.15, 0.2) is 83.7 Å². The molecule has 0 unspecified atom stereocenters. The van der Waals surface area contributed by atoms with E-state index in [9.17, 15) is 9.59 Å². The monoisotopic (exact) mass is 554 g/mol. The zero-order valence-corrected chi connectivity index (χ0v) is 22.7. The molecule has 1 aliphatic rings. The van der Waals surface area contributed by atoms with Crippen molar-refractivity contribution < 1.29 is 9.53 Å². The number of nitrogens with one attached hydrogen (secondary N) is 1. The van der Waals surface area contributed by atoms with Gasteiger partial charge in [0.1, 0.15) is 6.61 Å². The minimum absolute atomic E-state index is 0. The Morgan fingerprint density at radius 3 is 2.39 bits per heavy atom. The number of para-hydroxylation sites is 2. The number of benzene rings is 3. The van der Waals surface area contributed by atoms with Crippen LogP contribution in [0.4, 0.5) is 4.79 Å². The van der Waals surface area contributed by atoms with Gasteiger partial charge in [0, 0.05) is 43.8 Å². The van der Waals surface area contributed by atoms with Crippen LogP contribution in [0.5, 0.6) is 0 Å². The van der Waals surface area contributed by atoms with Crippen LogP contribution in [-0.2, 0) is 17.8 Å². The van der Waals surface area contributed by atoms with Crippen LogP contribution in [0.25, 0.3) is 11.0 Å². The highest BCUT2D eigenvalue weighted by Crippen LogP contribution is 2.25. The van der Waals surface area contributed by atoms with Crippen molar-refractivity contribution in [1.29, 1.82) is 0 Å². The van der Waals surface area contributed by atoms with E-state index in [4.69, 9.17) is 16.3 Å². The van der Waals surface area contributed by atoms with Crippen LogP contribution < -0.4 is 5.69 Å². The molecule has 9 heteroatoms. The van der Waals surface area contributed by atoms with Gasteiger partial charge >= 0.3 is 11.8 Å². The maximum absolute atomic E-state index is 12.8. The van der Waals surface area contributed by atoms with Gasteiger partial charge in [0.05, 0.1) is 11.0 Å². The van der Waals surface area contributed by atoms with Gasteiger partial charge in [-0.1, -0.05) is 66.2 Å². The summed E-state index contributed by atoms with van der Waals surface area (Å²) < 4.78 is 7.50. The van der Waals surface area contributed by atoms with Crippen LogP contribution in [0.1, 0.15) is 30.0 Å². The zero-order chi connectivity index (χ0) is 25.6. The lowest BCUT2D eigenvalue weighted by molar-refractivity contribution is 0.0770. The molecular formula is C29H32Cl2N4O3. The van der Waals surface area contributed by atoms with E-state index in [1.54, 1.807) is 4.90 Å². The van der Waals surface area contributed by atoms with Gasteiger partial charge in [-0.3, -0.25) is 9.47 Å². The van der Waals surface area contributed by atoms with Gasteiger partial charge in [0.15, 0.2) is 0 Å². The highest BCUT2D eigenvalue weighted by Gasteiger charge is 2.27. The molecule has 1 aliphatic heterocycles. The number of amides is 1. The van der Waals surface area contributed by atoms with Crippen molar-refractivity contribution >= 4 is 41.1 Å². The number of rotatable bonds is 8. The van der Waals surface area contributed by atoms with Gasteiger partial charge in [0.2, 0.25) is 0 Å². The van der Waals surface area contributed by atoms with Crippen LogP contribution >= 0.6 is 24.0 Å². The van der Waals surface area contributed by atoms with E-state index in [1.165, 1.54) is 5.56 Å². The molecule has 0 radical (unpaired) electrons. The maximum Gasteiger partial charge on any atom is 0.409 e. The van der Waals surface area contributed by atoms with Crippen molar-refractivity contribution in [1.82, 2.24) is 19.4 Å². The van der Waals surface area contributed by atoms with Crippen molar-refractivity contribution in [3.8, 4) is 0 Å². The number of likely N-dealkylation sites (tertiary alicyclic amines) is 1. The maximum atomic E-state index is 12.8. The van der Waals surface area contributed by atoms with Crippen molar-refractivity contribution in [2.75, 3.05) is 26.2 Å². The number of ether oxygens (including phenoxy) is 1. The van der Waals surface area contributed by atoms with Crippen molar-refractivity contribution in [2.24, 2.45) is 0 Å². The summed E-state index contributed by atoms with van der Waals surface area (Å²) in [5, 5.41) is 0.710. The van der Waals surface area contributed by atoms with Crippen LogP contribution in [0.3, 0.4) is 0 Å². The Balaban J connectivity index is 0.00000336. The number of nitrogens with zero attached hydrogens (tertiary/aromatic N) is 3. The summed E-state index contributed by atoms with van der Waals surface area (Å²) in [4.78, 5) is 32.3. The number of carbonyl (C=O) groups is 1. The molecule has 0 saturated carbocycles.